The number of hydrogen-bond donors (Lipinski definition) is 0. The molecule has 2 fully saturated rings. The van der Waals surface area contributed by atoms with E-state index in [1.807, 2.05) is 39.8 Å². The van der Waals surface area contributed by atoms with Crippen LogP contribution in [0.15, 0.2) is 18.2 Å². The molecule has 0 aromatic heterocycles. The Morgan fingerprint density at radius 2 is 1.64 bits per heavy atom. The maximum absolute atomic E-state index is 9.57. The zero-order valence-electron chi connectivity index (χ0n) is 15.7. The third kappa shape index (κ3) is 3.55. The lowest BCUT2D eigenvalue weighted by Crippen LogP contribution is -2.41. The highest BCUT2D eigenvalue weighted by Crippen LogP contribution is 2.37. The molecule has 3 rings (SSSR count). The second kappa shape index (κ2) is 6.32. The van der Waals surface area contributed by atoms with Gasteiger partial charge in [0.1, 0.15) is 17.4 Å². The lowest BCUT2D eigenvalue weighted by molar-refractivity contribution is -0.0344. The van der Waals surface area contributed by atoms with Crippen LogP contribution in [0.3, 0.4) is 0 Å². The molecule has 0 radical (unpaired) electrons. The van der Waals surface area contributed by atoms with Gasteiger partial charge in [0.2, 0.25) is 0 Å². The van der Waals surface area contributed by atoms with Crippen molar-refractivity contribution < 1.29 is 18.8 Å². The third-order valence-electron chi connectivity index (χ3n) is 5.56. The molecular weight excluding hydrogens is 317 g/mol. The van der Waals surface area contributed by atoms with Gasteiger partial charge in [-0.25, -0.2) is 0 Å². The van der Waals surface area contributed by atoms with Crippen LogP contribution in [-0.4, -0.2) is 37.1 Å². The largest absolute Gasteiger partial charge is 0.494 e. The van der Waals surface area contributed by atoms with Gasteiger partial charge in [-0.05, 0) is 52.2 Å². The summed E-state index contributed by atoms with van der Waals surface area (Å²) in [6, 6.07) is 7.81. The van der Waals surface area contributed by atoms with Gasteiger partial charge < -0.3 is 18.8 Å². The average molecular weight is 343 g/mol. The fraction of sp³-hybridized carbons (Fsp3) is 0.632. The number of ether oxygens (including phenoxy) is 2. The molecule has 0 spiro atoms. The molecule has 2 aliphatic heterocycles. The minimum atomic E-state index is -0.482. The van der Waals surface area contributed by atoms with Gasteiger partial charge in [-0.2, -0.15) is 5.26 Å². The number of nitriles is 1. The Kier molecular flexibility index (Phi) is 4.61. The van der Waals surface area contributed by atoms with Crippen LogP contribution in [0.25, 0.3) is 0 Å². The Balaban J connectivity index is 1.82. The number of benzene rings is 1. The highest BCUT2D eigenvalue weighted by Gasteiger charge is 2.51. The Labute approximate surface area is 150 Å². The molecule has 2 heterocycles. The van der Waals surface area contributed by atoms with Crippen molar-refractivity contribution >= 4 is 12.6 Å². The van der Waals surface area contributed by atoms with Crippen LogP contribution in [0, 0.1) is 11.3 Å². The minimum absolute atomic E-state index is 0.296. The van der Waals surface area contributed by atoms with Crippen molar-refractivity contribution in [1.29, 1.82) is 5.26 Å². The van der Waals surface area contributed by atoms with E-state index in [9.17, 15) is 5.26 Å². The van der Waals surface area contributed by atoms with Gasteiger partial charge >= 0.3 is 7.12 Å². The van der Waals surface area contributed by atoms with Crippen LogP contribution >= 0.6 is 0 Å². The summed E-state index contributed by atoms with van der Waals surface area (Å²) in [5.41, 5.74) is 0.222. The molecule has 0 saturated carbocycles. The normalized spacial score (nSPS) is 23.9. The molecule has 0 aliphatic carbocycles. The SMILES string of the molecule is CC1(Oc2ccc(B3OC(C)(C)C(C)(C)O3)cc2C#N)CCOCC1. The highest BCUT2D eigenvalue weighted by molar-refractivity contribution is 6.62. The zero-order chi connectivity index (χ0) is 18.3. The molecule has 134 valence electrons. The Bertz CT molecular complexity index is 673. The third-order valence-corrected chi connectivity index (χ3v) is 5.56. The molecule has 0 N–H and O–H groups in total. The average Bonchev–Trinajstić information content (AvgIpc) is 2.76. The van der Waals surface area contributed by atoms with Crippen LogP contribution in [0.2, 0.25) is 0 Å². The molecule has 0 unspecified atom stereocenters. The van der Waals surface area contributed by atoms with Crippen LogP contribution in [0.1, 0.15) is 53.0 Å². The summed E-state index contributed by atoms with van der Waals surface area (Å²) >= 11 is 0. The fourth-order valence-electron chi connectivity index (χ4n) is 3.02. The number of nitrogens with zero attached hydrogens (tertiary/aromatic N) is 1. The van der Waals surface area contributed by atoms with E-state index in [1.165, 1.54) is 0 Å². The highest BCUT2D eigenvalue weighted by atomic mass is 16.7. The van der Waals surface area contributed by atoms with Crippen molar-refractivity contribution in [1.82, 2.24) is 0 Å². The van der Waals surface area contributed by atoms with Gasteiger partial charge in [0, 0.05) is 12.8 Å². The van der Waals surface area contributed by atoms with Crippen LogP contribution < -0.4 is 10.2 Å². The van der Waals surface area contributed by atoms with Crippen LogP contribution in [-0.2, 0) is 14.0 Å². The molecule has 5 nitrogen and oxygen atoms in total. The first kappa shape index (κ1) is 18.3. The van der Waals surface area contributed by atoms with Gasteiger partial charge in [-0.15, -0.1) is 0 Å². The van der Waals surface area contributed by atoms with Crippen LogP contribution in [0.4, 0.5) is 0 Å². The second-order valence-corrected chi connectivity index (χ2v) is 8.12. The summed E-state index contributed by atoms with van der Waals surface area (Å²) in [6.07, 6.45) is 1.63. The molecule has 0 bridgehead atoms. The van der Waals surface area contributed by atoms with Gasteiger partial charge in [0.25, 0.3) is 0 Å². The molecular formula is C19H26BNO4. The molecule has 0 atom stereocenters. The predicted molar refractivity (Wildman–Crippen MR) is 96.0 cm³/mol. The van der Waals surface area contributed by atoms with E-state index in [0.717, 1.165) is 18.3 Å². The lowest BCUT2D eigenvalue weighted by atomic mass is 9.78. The van der Waals surface area contributed by atoms with Gasteiger partial charge in [0.05, 0.1) is 30.0 Å². The van der Waals surface area contributed by atoms with E-state index in [2.05, 4.69) is 13.0 Å². The topological polar surface area (TPSA) is 60.7 Å². The summed E-state index contributed by atoms with van der Waals surface area (Å²) in [5.74, 6) is 0.604. The molecule has 0 amide bonds. The van der Waals surface area contributed by atoms with Crippen molar-refractivity contribution in [3.05, 3.63) is 23.8 Å². The summed E-state index contributed by atoms with van der Waals surface area (Å²) in [4.78, 5) is 0. The molecule has 2 saturated heterocycles. The van der Waals surface area contributed by atoms with Crippen molar-refractivity contribution in [2.45, 2.75) is 64.3 Å². The summed E-state index contributed by atoms with van der Waals surface area (Å²) < 4.78 is 23.7. The fourth-order valence-corrected chi connectivity index (χ4v) is 3.02. The predicted octanol–water partition coefficient (Wildman–Crippen LogP) is 2.81. The Hall–Kier alpha value is -1.55. The maximum atomic E-state index is 9.57. The van der Waals surface area contributed by atoms with E-state index < -0.39 is 18.3 Å². The summed E-state index contributed by atoms with van der Waals surface area (Å²) in [5, 5.41) is 9.57. The molecule has 1 aromatic carbocycles. The van der Waals surface area contributed by atoms with E-state index in [0.29, 0.717) is 24.5 Å². The zero-order valence-corrected chi connectivity index (χ0v) is 15.7. The summed E-state index contributed by atoms with van der Waals surface area (Å²) in [7, 11) is -0.482. The summed E-state index contributed by atoms with van der Waals surface area (Å²) in [6.45, 7) is 11.5. The smallest absolute Gasteiger partial charge is 0.486 e. The maximum Gasteiger partial charge on any atom is 0.494 e. The Morgan fingerprint density at radius 1 is 1.04 bits per heavy atom. The molecule has 1 aromatic rings. The van der Waals surface area contributed by atoms with E-state index in [1.54, 1.807) is 6.07 Å². The van der Waals surface area contributed by atoms with E-state index >= 15 is 0 Å². The quantitative estimate of drug-likeness (QED) is 0.790. The van der Waals surface area contributed by atoms with Crippen molar-refractivity contribution in [3.8, 4) is 11.8 Å². The minimum Gasteiger partial charge on any atom is -0.486 e. The lowest BCUT2D eigenvalue weighted by Gasteiger charge is -2.34. The monoisotopic (exact) mass is 343 g/mol. The standard InChI is InChI=1S/C19H26BNO4/c1-17(2)18(3,4)25-20(24-17)15-6-7-16(14(12-15)13-21)23-19(5)8-10-22-11-9-19/h6-7,12H,8-11H2,1-5H3. The Morgan fingerprint density at radius 3 is 2.20 bits per heavy atom. The van der Waals surface area contributed by atoms with Crippen molar-refractivity contribution in [3.63, 3.8) is 0 Å². The molecule has 2 aliphatic rings. The van der Waals surface area contributed by atoms with Gasteiger partial charge in [-0.3, -0.25) is 0 Å². The van der Waals surface area contributed by atoms with Gasteiger partial charge in [-0.1, -0.05) is 6.07 Å². The molecule has 6 heteroatoms. The van der Waals surface area contributed by atoms with Crippen molar-refractivity contribution in [2.75, 3.05) is 13.2 Å². The van der Waals surface area contributed by atoms with Crippen LogP contribution in [0.5, 0.6) is 5.75 Å². The number of rotatable bonds is 3. The van der Waals surface area contributed by atoms with Gasteiger partial charge in [0.15, 0.2) is 0 Å². The second-order valence-electron chi connectivity index (χ2n) is 8.12. The first-order valence-corrected chi connectivity index (χ1v) is 8.82. The first-order valence-electron chi connectivity index (χ1n) is 8.82. The number of hydrogen-bond acceptors (Lipinski definition) is 5. The van der Waals surface area contributed by atoms with Crippen molar-refractivity contribution in [2.24, 2.45) is 0 Å². The first-order chi connectivity index (χ1) is 11.7. The van der Waals surface area contributed by atoms with E-state index in [-0.39, 0.29) is 5.60 Å². The molecule has 25 heavy (non-hydrogen) atoms. The van der Waals surface area contributed by atoms with E-state index in [4.69, 9.17) is 18.8 Å².